The van der Waals surface area contributed by atoms with Crippen LogP contribution in [0.25, 0.3) is 0 Å². The highest BCUT2D eigenvalue weighted by Gasteiger charge is 2.33. The van der Waals surface area contributed by atoms with E-state index in [0.29, 0.717) is 12.5 Å². The number of nitrogens with two attached hydrogens (primary N) is 1. The predicted molar refractivity (Wildman–Crippen MR) is 95.9 cm³/mol. The van der Waals surface area contributed by atoms with Gasteiger partial charge >= 0.3 is 6.09 Å². The second kappa shape index (κ2) is 6.75. The van der Waals surface area contributed by atoms with E-state index in [1.165, 1.54) is 30.4 Å². The minimum atomic E-state index is -0.450. The van der Waals surface area contributed by atoms with Crippen molar-refractivity contribution in [1.29, 1.82) is 0 Å². The van der Waals surface area contributed by atoms with E-state index in [0.717, 1.165) is 18.9 Å². The lowest BCUT2D eigenvalue weighted by Gasteiger charge is -2.27. The number of rotatable bonds is 3. The fraction of sp³-hybridized carbons (Fsp3) is 0.650. The van der Waals surface area contributed by atoms with E-state index in [9.17, 15) is 4.79 Å². The Morgan fingerprint density at radius 3 is 2.42 bits per heavy atom. The van der Waals surface area contributed by atoms with Crippen molar-refractivity contribution in [3.8, 4) is 0 Å². The van der Waals surface area contributed by atoms with Crippen LogP contribution in [0.1, 0.15) is 69.5 Å². The number of nitrogens with zero attached hydrogens (tertiary/aromatic N) is 1. The molecule has 0 radical (unpaired) electrons. The van der Waals surface area contributed by atoms with Crippen molar-refractivity contribution >= 4 is 6.09 Å². The summed E-state index contributed by atoms with van der Waals surface area (Å²) in [7, 11) is 0. The molecule has 2 N–H and O–H groups in total. The van der Waals surface area contributed by atoms with Crippen LogP contribution in [0.15, 0.2) is 24.3 Å². The zero-order valence-electron chi connectivity index (χ0n) is 15.1. The Balaban J connectivity index is 1.57. The van der Waals surface area contributed by atoms with E-state index >= 15 is 0 Å². The molecule has 4 nitrogen and oxygen atoms in total. The van der Waals surface area contributed by atoms with Gasteiger partial charge < -0.3 is 15.4 Å². The topological polar surface area (TPSA) is 55.6 Å². The van der Waals surface area contributed by atoms with Crippen molar-refractivity contribution in [3.63, 3.8) is 0 Å². The summed E-state index contributed by atoms with van der Waals surface area (Å²) in [5, 5.41) is 0. The van der Waals surface area contributed by atoms with Crippen molar-refractivity contribution in [2.75, 3.05) is 13.1 Å². The lowest BCUT2D eigenvalue weighted by atomic mass is 9.79. The maximum absolute atomic E-state index is 12.2. The van der Waals surface area contributed by atoms with E-state index in [-0.39, 0.29) is 12.1 Å². The molecule has 2 fully saturated rings. The lowest BCUT2D eigenvalue weighted by molar-refractivity contribution is 0.0286. The van der Waals surface area contributed by atoms with Gasteiger partial charge in [0.05, 0.1) is 0 Å². The van der Waals surface area contributed by atoms with Crippen LogP contribution >= 0.6 is 0 Å². The molecule has 3 rings (SSSR count). The minimum Gasteiger partial charge on any atom is -0.444 e. The summed E-state index contributed by atoms with van der Waals surface area (Å²) in [6.07, 6.45) is 4.70. The summed E-state index contributed by atoms with van der Waals surface area (Å²) in [6, 6.07) is 8.80. The third-order valence-electron chi connectivity index (χ3n) is 5.28. The SMILES string of the molecule is CC(C)(C)OC(=O)N1CCC(C(N)c2ccc(C3CCC3)cc2)C1. The molecule has 1 aromatic carbocycles. The van der Waals surface area contributed by atoms with Crippen molar-refractivity contribution < 1.29 is 9.53 Å². The van der Waals surface area contributed by atoms with Gasteiger partial charge in [0.15, 0.2) is 0 Å². The molecular formula is C20H30N2O2. The van der Waals surface area contributed by atoms with Crippen LogP contribution in [0, 0.1) is 5.92 Å². The van der Waals surface area contributed by atoms with Gasteiger partial charge in [-0.05, 0) is 63.0 Å². The van der Waals surface area contributed by atoms with Gasteiger partial charge in [0, 0.05) is 19.1 Å². The first-order valence-electron chi connectivity index (χ1n) is 9.17. The second-order valence-corrected chi connectivity index (χ2v) is 8.30. The van der Waals surface area contributed by atoms with Crippen LogP contribution in [0.2, 0.25) is 0 Å². The molecular weight excluding hydrogens is 300 g/mol. The first-order valence-corrected chi connectivity index (χ1v) is 9.17. The molecule has 2 aliphatic rings. The van der Waals surface area contributed by atoms with Gasteiger partial charge in [0.1, 0.15) is 5.60 Å². The number of ether oxygens (including phenoxy) is 1. The Morgan fingerprint density at radius 1 is 1.21 bits per heavy atom. The standard InChI is InChI=1S/C20H30N2O2/c1-20(2,3)24-19(23)22-12-11-17(13-22)18(21)16-9-7-15(8-10-16)14-5-4-6-14/h7-10,14,17-18H,4-6,11-13,21H2,1-3H3. The number of carbonyl (C=O) groups is 1. The number of amides is 1. The summed E-state index contributed by atoms with van der Waals surface area (Å²) in [5.74, 6) is 1.05. The molecule has 24 heavy (non-hydrogen) atoms. The highest BCUT2D eigenvalue weighted by Crippen LogP contribution is 2.37. The van der Waals surface area contributed by atoms with Gasteiger partial charge in [-0.15, -0.1) is 0 Å². The molecule has 1 amide bonds. The Labute approximate surface area is 145 Å². The van der Waals surface area contributed by atoms with Gasteiger partial charge in [0.25, 0.3) is 0 Å². The van der Waals surface area contributed by atoms with Crippen molar-refractivity contribution in [1.82, 2.24) is 4.90 Å². The molecule has 132 valence electrons. The van der Waals surface area contributed by atoms with E-state index in [2.05, 4.69) is 24.3 Å². The summed E-state index contributed by atoms with van der Waals surface area (Å²) >= 11 is 0. The molecule has 0 aromatic heterocycles. The molecule has 1 aliphatic carbocycles. The quantitative estimate of drug-likeness (QED) is 0.903. The third-order valence-corrected chi connectivity index (χ3v) is 5.28. The molecule has 1 aromatic rings. The van der Waals surface area contributed by atoms with Crippen molar-refractivity contribution in [3.05, 3.63) is 35.4 Å². The maximum atomic E-state index is 12.2. The summed E-state index contributed by atoms with van der Waals surface area (Å²) < 4.78 is 5.46. The molecule has 0 spiro atoms. The normalized spacial score (nSPS) is 23.0. The Hall–Kier alpha value is -1.55. The van der Waals surface area contributed by atoms with Crippen LogP contribution in [0.4, 0.5) is 4.79 Å². The molecule has 1 saturated heterocycles. The monoisotopic (exact) mass is 330 g/mol. The van der Waals surface area contributed by atoms with Gasteiger partial charge in [-0.1, -0.05) is 30.7 Å². The number of hydrogen-bond acceptors (Lipinski definition) is 3. The molecule has 4 heteroatoms. The van der Waals surface area contributed by atoms with Gasteiger partial charge in [-0.3, -0.25) is 0 Å². The molecule has 1 aliphatic heterocycles. The largest absolute Gasteiger partial charge is 0.444 e. The predicted octanol–water partition coefficient (Wildman–Crippen LogP) is 4.21. The van der Waals surface area contributed by atoms with E-state index in [1.54, 1.807) is 4.90 Å². The highest BCUT2D eigenvalue weighted by atomic mass is 16.6. The van der Waals surface area contributed by atoms with E-state index < -0.39 is 5.60 Å². The first-order chi connectivity index (χ1) is 11.3. The summed E-state index contributed by atoms with van der Waals surface area (Å²) in [6.45, 7) is 7.10. The highest BCUT2D eigenvalue weighted by molar-refractivity contribution is 5.68. The fourth-order valence-corrected chi connectivity index (χ4v) is 3.58. The minimum absolute atomic E-state index is 0.0205. The molecule has 2 unspecified atom stereocenters. The molecule has 1 heterocycles. The van der Waals surface area contributed by atoms with Crippen LogP contribution < -0.4 is 5.73 Å². The maximum Gasteiger partial charge on any atom is 0.410 e. The van der Waals surface area contributed by atoms with Crippen LogP contribution in [0.5, 0.6) is 0 Å². The van der Waals surface area contributed by atoms with Gasteiger partial charge in [-0.25, -0.2) is 4.79 Å². The van der Waals surface area contributed by atoms with Crippen molar-refractivity contribution in [2.45, 2.75) is 64.0 Å². The Morgan fingerprint density at radius 2 is 1.88 bits per heavy atom. The van der Waals surface area contributed by atoms with Gasteiger partial charge in [0.2, 0.25) is 0 Å². The third kappa shape index (κ3) is 3.92. The molecule has 2 atom stereocenters. The zero-order chi connectivity index (χ0) is 17.3. The molecule has 1 saturated carbocycles. The van der Waals surface area contributed by atoms with Crippen LogP contribution in [-0.2, 0) is 4.74 Å². The number of benzene rings is 1. The Bertz CT molecular complexity index is 572. The smallest absolute Gasteiger partial charge is 0.410 e. The Kier molecular flexibility index (Phi) is 4.86. The summed E-state index contributed by atoms with van der Waals surface area (Å²) in [4.78, 5) is 14.0. The fourth-order valence-electron chi connectivity index (χ4n) is 3.58. The molecule has 0 bridgehead atoms. The van der Waals surface area contributed by atoms with Crippen LogP contribution in [0.3, 0.4) is 0 Å². The van der Waals surface area contributed by atoms with Crippen LogP contribution in [-0.4, -0.2) is 29.7 Å². The average molecular weight is 330 g/mol. The number of likely N-dealkylation sites (tertiary alicyclic amines) is 1. The van der Waals surface area contributed by atoms with Crippen molar-refractivity contribution in [2.24, 2.45) is 11.7 Å². The first kappa shape index (κ1) is 17.3. The van der Waals surface area contributed by atoms with E-state index in [1.807, 2.05) is 20.8 Å². The van der Waals surface area contributed by atoms with Gasteiger partial charge in [-0.2, -0.15) is 0 Å². The number of carbonyl (C=O) groups excluding carboxylic acids is 1. The zero-order valence-corrected chi connectivity index (χ0v) is 15.1. The second-order valence-electron chi connectivity index (χ2n) is 8.30. The lowest BCUT2D eigenvalue weighted by Crippen LogP contribution is -2.36. The number of hydrogen-bond donors (Lipinski definition) is 1. The average Bonchev–Trinajstić information content (AvgIpc) is 2.93. The van der Waals surface area contributed by atoms with E-state index in [4.69, 9.17) is 10.5 Å². The summed E-state index contributed by atoms with van der Waals surface area (Å²) in [5.41, 5.74) is 8.65.